The Morgan fingerprint density at radius 2 is 1.71 bits per heavy atom. The van der Waals surface area contributed by atoms with Crippen LogP contribution in [0, 0.1) is 0 Å². The summed E-state index contributed by atoms with van der Waals surface area (Å²) in [6.45, 7) is 4.19. The van der Waals surface area contributed by atoms with Gasteiger partial charge in [0.05, 0.1) is 13.2 Å². The molecule has 21 heavy (non-hydrogen) atoms. The lowest BCUT2D eigenvalue weighted by Gasteiger charge is -2.36. The summed E-state index contributed by atoms with van der Waals surface area (Å²) < 4.78 is 10.8. The molecule has 4 atom stereocenters. The Labute approximate surface area is 127 Å². The van der Waals surface area contributed by atoms with Crippen LogP contribution in [-0.4, -0.2) is 59.6 Å². The number of hydrogen-bond donors (Lipinski definition) is 3. The fourth-order valence-electron chi connectivity index (χ4n) is 2.50. The fourth-order valence-corrected chi connectivity index (χ4v) is 2.50. The molecular weight excluding hydrogens is 272 g/mol. The highest BCUT2D eigenvalue weighted by Crippen LogP contribution is 2.18. The standard InChI is InChI=1S/C16H30O5/c1-2-3-4-5-6-7-8-9-10-20-14-12-21-13(11-17)15(18)16(14)19/h2,13-19H,1,3-12H2/t13-,14+,15-,16-/m0/s1. The van der Waals surface area contributed by atoms with Crippen molar-refractivity contribution in [1.29, 1.82) is 0 Å². The van der Waals surface area contributed by atoms with Crippen LogP contribution in [-0.2, 0) is 9.47 Å². The van der Waals surface area contributed by atoms with Crippen LogP contribution >= 0.6 is 0 Å². The molecule has 0 aromatic carbocycles. The second-order valence-corrected chi connectivity index (χ2v) is 5.64. The molecule has 0 aliphatic carbocycles. The van der Waals surface area contributed by atoms with Gasteiger partial charge in [-0.3, -0.25) is 0 Å². The first-order valence-corrected chi connectivity index (χ1v) is 8.01. The Balaban J connectivity index is 2.01. The average molecular weight is 302 g/mol. The van der Waals surface area contributed by atoms with Gasteiger partial charge in [0.25, 0.3) is 0 Å². The molecule has 3 N–H and O–H groups in total. The minimum Gasteiger partial charge on any atom is -0.394 e. The van der Waals surface area contributed by atoms with Crippen LogP contribution in [0.4, 0.5) is 0 Å². The highest BCUT2D eigenvalue weighted by atomic mass is 16.6. The summed E-state index contributed by atoms with van der Waals surface area (Å²) in [6.07, 6.45) is 6.72. The molecule has 1 rings (SSSR count). The van der Waals surface area contributed by atoms with Crippen molar-refractivity contribution < 1.29 is 24.8 Å². The van der Waals surface area contributed by atoms with Gasteiger partial charge in [0, 0.05) is 6.61 Å². The topological polar surface area (TPSA) is 79.2 Å². The summed E-state index contributed by atoms with van der Waals surface area (Å²) in [6, 6.07) is 0. The van der Waals surface area contributed by atoms with Gasteiger partial charge in [-0.2, -0.15) is 0 Å². The molecule has 1 fully saturated rings. The van der Waals surface area contributed by atoms with Crippen LogP contribution in [0.1, 0.15) is 44.9 Å². The van der Waals surface area contributed by atoms with Crippen LogP contribution in [0.3, 0.4) is 0 Å². The van der Waals surface area contributed by atoms with Crippen LogP contribution in [0.5, 0.6) is 0 Å². The number of aliphatic hydroxyl groups is 3. The van der Waals surface area contributed by atoms with Crippen molar-refractivity contribution in [2.45, 2.75) is 69.4 Å². The van der Waals surface area contributed by atoms with Gasteiger partial charge in [0.1, 0.15) is 24.4 Å². The van der Waals surface area contributed by atoms with E-state index in [1.807, 2.05) is 6.08 Å². The Hall–Kier alpha value is -0.460. The van der Waals surface area contributed by atoms with Gasteiger partial charge in [-0.25, -0.2) is 0 Å². The summed E-state index contributed by atoms with van der Waals surface area (Å²) in [7, 11) is 0. The van der Waals surface area contributed by atoms with Gasteiger partial charge < -0.3 is 24.8 Å². The Morgan fingerprint density at radius 3 is 2.38 bits per heavy atom. The largest absolute Gasteiger partial charge is 0.394 e. The molecule has 0 aromatic heterocycles. The highest BCUT2D eigenvalue weighted by molar-refractivity contribution is 4.87. The Bertz CT molecular complexity index is 271. The first-order chi connectivity index (χ1) is 10.2. The molecular formula is C16H30O5. The number of rotatable bonds is 11. The molecule has 124 valence electrons. The smallest absolute Gasteiger partial charge is 0.111 e. The van der Waals surface area contributed by atoms with Gasteiger partial charge in [-0.05, 0) is 19.3 Å². The summed E-state index contributed by atoms with van der Waals surface area (Å²) in [5.41, 5.74) is 0. The normalized spacial score (nSPS) is 29.5. The van der Waals surface area contributed by atoms with Crippen molar-refractivity contribution in [2.75, 3.05) is 19.8 Å². The van der Waals surface area contributed by atoms with E-state index >= 15 is 0 Å². The summed E-state index contributed by atoms with van der Waals surface area (Å²) in [4.78, 5) is 0. The minimum absolute atomic E-state index is 0.213. The second-order valence-electron chi connectivity index (χ2n) is 5.64. The number of aliphatic hydroxyl groups excluding tert-OH is 3. The molecule has 0 spiro atoms. The van der Waals surface area contributed by atoms with Crippen LogP contribution in [0.25, 0.3) is 0 Å². The molecule has 5 nitrogen and oxygen atoms in total. The zero-order valence-electron chi connectivity index (χ0n) is 12.8. The maximum atomic E-state index is 9.89. The molecule has 5 heteroatoms. The lowest BCUT2D eigenvalue weighted by atomic mass is 10.0. The van der Waals surface area contributed by atoms with Crippen molar-refractivity contribution in [3.63, 3.8) is 0 Å². The molecule has 1 aliphatic rings. The maximum Gasteiger partial charge on any atom is 0.111 e. The number of hydrogen-bond acceptors (Lipinski definition) is 5. The van der Waals surface area contributed by atoms with E-state index in [0.717, 1.165) is 19.3 Å². The SMILES string of the molecule is C=CCCCCCCCCO[C@@H]1CO[C@@H](CO)[C@H](O)[C@H]1O. The van der Waals surface area contributed by atoms with Crippen molar-refractivity contribution >= 4 is 0 Å². The molecule has 1 saturated heterocycles. The molecule has 1 aliphatic heterocycles. The van der Waals surface area contributed by atoms with Crippen molar-refractivity contribution in [2.24, 2.45) is 0 Å². The Morgan fingerprint density at radius 1 is 1.05 bits per heavy atom. The van der Waals surface area contributed by atoms with E-state index in [-0.39, 0.29) is 13.2 Å². The van der Waals surface area contributed by atoms with E-state index in [2.05, 4.69) is 6.58 Å². The van der Waals surface area contributed by atoms with Crippen molar-refractivity contribution in [3.05, 3.63) is 12.7 Å². The van der Waals surface area contributed by atoms with Crippen LogP contribution in [0.2, 0.25) is 0 Å². The van der Waals surface area contributed by atoms with Gasteiger partial charge >= 0.3 is 0 Å². The monoisotopic (exact) mass is 302 g/mol. The molecule has 0 radical (unpaired) electrons. The number of unbranched alkanes of at least 4 members (excludes halogenated alkanes) is 6. The van der Waals surface area contributed by atoms with Crippen LogP contribution < -0.4 is 0 Å². The van der Waals surface area contributed by atoms with Crippen molar-refractivity contribution in [3.8, 4) is 0 Å². The summed E-state index contributed by atoms with van der Waals surface area (Å²) in [5.74, 6) is 0. The van der Waals surface area contributed by atoms with Gasteiger partial charge in [0.2, 0.25) is 0 Å². The minimum atomic E-state index is -1.08. The van der Waals surface area contributed by atoms with E-state index in [4.69, 9.17) is 14.6 Å². The van der Waals surface area contributed by atoms with Crippen LogP contribution in [0.15, 0.2) is 12.7 Å². The molecule has 0 unspecified atom stereocenters. The average Bonchev–Trinajstić information content (AvgIpc) is 2.50. The van der Waals surface area contributed by atoms with E-state index in [1.165, 1.54) is 25.7 Å². The third-order valence-electron chi connectivity index (χ3n) is 3.90. The molecule has 0 amide bonds. The summed E-state index contributed by atoms with van der Waals surface area (Å²) >= 11 is 0. The molecule has 0 saturated carbocycles. The van der Waals surface area contributed by atoms with Gasteiger partial charge in [-0.1, -0.05) is 31.8 Å². The lowest BCUT2D eigenvalue weighted by molar-refractivity contribution is -0.208. The first-order valence-electron chi connectivity index (χ1n) is 8.01. The Kier molecular flexibility index (Phi) is 9.87. The lowest BCUT2D eigenvalue weighted by Crippen LogP contribution is -2.55. The second kappa shape index (κ2) is 11.2. The van der Waals surface area contributed by atoms with E-state index in [9.17, 15) is 10.2 Å². The zero-order valence-corrected chi connectivity index (χ0v) is 12.8. The maximum absolute atomic E-state index is 9.89. The van der Waals surface area contributed by atoms with Gasteiger partial charge in [0.15, 0.2) is 0 Å². The van der Waals surface area contributed by atoms with Crippen molar-refractivity contribution in [1.82, 2.24) is 0 Å². The predicted octanol–water partition coefficient (Wildman–Crippen LogP) is 1.40. The first kappa shape index (κ1) is 18.6. The molecule has 0 aromatic rings. The highest BCUT2D eigenvalue weighted by Gasteiger charge is 2.38. The quantitative estimate of drug-likeness (QED) is 0.397. The number of ether oxygens (including phenoxy) is 2. The molecule has 1 heterocycles. The number of allylic oxidation sites excluding steroid dienone is 1. The zero-order chi connectivity index (χ0) is 15.5. The third-order valence-corrected chi connectivity index (χ3v) is 3.90. The van der Waals surface area contributed by atoms with E-state index in [0.29, 0.717) is 6.61 Å². The third kappa shape index (κ3) is 6.89. The fraction of sp³-hybridized carbons (Fsp3) is 0.875. The van der Waals surface area contributed by atoms with E-state index < -0.39 is 24.4 Å². The molecule has 0 bridgehead atoms. The van der Waals surface area contributed by atoms with Gasteiger partial charge in [-0.15, -0.1) is 6.58 Å². The van der Waals surface area contributed by atoms with E-state index in [1.54, 1.807) is 0 Å². The predicted molar refractivity (Wildman–Crippen MR) is 81.1 cm³/mol. The summed E-state index contributed by atoms with van der Waals surface area (Å²) in [5, 5.41) is 28.6.